The van der Waals surface area contributed by atoms with Crippen molar-refractivity contribution < 1.29 is 67.8 Å². The van der Waals surface area contributed by atoms with Gasteiger partial charge in [0.15, 0.2) is 5.78 Å². The summed E-state index contributed by atoms with van der Waals surface area (Å²) in [5, 5.41) is 31.8. The Morgan fingerprint density at radius 2 is 1.00 bits per heavy atom. The zero-order valence-electron chi connectivity index (χ0n) is 39.8. The molecule has 0 spiro atoms. The number of unbranched alkanes of at least 4 members (excludes halogenated alkanes) is 12. The molecule has 0 aromatic rings. The number of nitrogens with one attached hydrogen (secondary N) is 2. The van der Waals surface area contributed by atoms with Crippen LogP contribution in [0.4, 0.5) is 0 Å². The van der Waals surface area contributed by atoms with Crippen molar-refractivity contribution in [2.45, 2.75) is 175 Å². The monoisotopic (exact) mass is 918 g/mol. The zero-order chi connectivity index (χ0) is 48.2. The number of amides is 2. The molecule has 374 valence electrons. The molecule has 2 amide bonds. The molecule has 0 radical (unpaired) electrons. The normalized spacial score (nSPS) is 12.0. The molecule has 64 heavy (non-hydrogen) atoms. The first-order chi connectivity index (χ1) is 30.6. The van der Waals surface area contributed by atoms with Gasteiger partial charge in [-0.1, -0.05) is 105 Å². The predicted octanol–water partition coefficient (Wildman–Crippen LogP) is 6.50. The fourth-order valence-corrected chi connectivity index (χ4v) is 6.17. The van der Waals surface area contributed by atoms with E-state index in [-0.39, 0.29) is 101 Å². The molecule has 0 heterocycles. The fourth-order valence-electron chi connectivity index (χ4n) is 6.17. The van der Waals surface area contributed by atoms with Gasteiger partial charge in [0.2, 0.25) is 11.8 Å². The molecule has 0 rings (SSSR count). The van der Waals surface area contributed by atoms with Gasteiger partial charge >= 0.3 is 17.9 Å². The number of hydrogen-bond acceptors (Lipinski definition) is 12. The number of carboxylic acids is 3. The van der Waals surface area contributed by atoms with E-state index in [2.05, 4.69) is 24.5 Å². The smallest absolute Gasteiger partial charge is 0.320 e. The van der Waals surface area contributed by atoms with E-state index in [1.54, 1.807) is 13.8 Å². The van der Waals surface area contributed by atoms with Gasteiger partial charge in [0, 0.05) is 51.3 Å². The van der Waals surface area contributed by atoms with Crippen LogP contribution in [-0.2, 0) is 52.5 Å². The van der Waals surface area contributed by atoms with Crippen LogP contribution < -0.4 is 16.4 Å². The van der Waals surface area contributed by atoms with Gasteiger partial charge in [-0.2, -0.15) is 0 Å². The summed E-state index contributed by atoms with van der Waals surface area (Å²) in [4.78, 5) is 79.5. The van der Waals surface area contributed by atoms with Crippen LogP contribution in [0.3, 0.4) is 0 Å². The summed E-state index contributed by atoms with van der Waals surface area (Å²) in [5.41, 5.74) is 5.40. The Balaban J connectivity index is 0. The number of carbonyl (C=O) groups excluding carboxylic acids is 4. The van der Waals surface area contributed by atoms with Crippen molar-refractivity contribution in [3.8, 4) is 0 Å². The van der Waals surface area contributed by atoms with Gasteiger partial charge in [0.25, 0.3) is 0 Å². The Bertz CT molecular complexity index is 1230. The Kier molecular flexibility index (Phi) is 43.7. The van der Waals surface area contributed by atoms with Crippen LogP contribution in [0.15, 0.2) is 0 Å². The Hall–Kier alpha value is -3.51. The molecule has 0 saturated carbocycles. The van der Waals surface area contributed by atoms with E-state index in [1.807, 2.05) is 0 Å². The largest absolute Gasteiger partial charge is 0.481 e. The van der Waals surface area contributed by atoms with E-state index in [0.29, 0.717) is 51.7 Å². The van der Waals surface area contributed by atoms with Crippen LogP contribution >= 0.6 is 0 Å². The minimum atomic E-state index is -1.09. The lowest BCUT2D eigenvalue weighted by atomic mass is 9.93. The quantitative estimate of drug-likeness (QED) is 0.0356. The second-order valence-electron chi connectivity index (χ2n) is 17.1. The zero-order valence-corrected chi connectivity index (χ0v) is 39.8. The average molecular weight is 918 g/mol. The molecule has 7 N–H and O–H groups in total. The molecule has 0 saturated heterocycles. The van der Waals surface area contributed by atoms with Crippen molar-refractivity contribution in [3.63, 3.8) is 0 Å². The maximum atomic E-state index is 11.9. The van der Waals surface area contributed by atoms with E-state index in [9.17, 15) is 38.7 Å². The minimum absolute atomic E-state index is 0.00279. The van der Waals surface area contributed by atoms with Gasteiger partial charge in [0.1, 0.15) is 25.0 Å². The number of nitrogens with two attached hydrogens (primary N) is 1. The SMILES string of the molecule is CC(C)C(=O)C[C@@H](CCC(=O)NCCOCCOCC(=O)CCCOCCOCC(=O)NCCCC[C@H](N)C(=O)O)C(=O)O.CC(C)CCCCCCCCCCCCCCC(=O)O. The first-order valence-electron chi connectivity index (χ1n) is 23.9. The molecule has 17 nitrogen and oxygen atoms in total. The summed E-state index contributed by atoms with van der Waals surface area (Å²) in [6.07, 6.45) is 19.7. The summed E-state index contributed by atoms with van der Waals surface area (Å²) < 4.78 is 21.2. The predicted molar refractivity (Wildman–Crippen MR) is 245 cm³/mol. The molecule has 0 aromatic carbocycles. The molecular formula is C47H87N3O14. The molecule has 0 bridgehead atoms. The second kappa shape index (κ2) is 44.7. The van der Waals surface area contributed by atoms with Gasteiger partial charge in [-0.15, -0.1) is 0 Å². The van der Waals surface area contributed by atoms with Crippen molar-refractivity contribution in [2.24, 2.45) is 23.5 Å². The molecule has 0 aliphatic rings. The van der Waals surface area contributed by atoms with E-state index >= 15 is 0 Å². The maximum absolute atomic E-state index is 11.9. The van der Waals surface area contributed by atoms with Gasteiger partial charge in [-0.3, -0.25) is 33.6 Å². The summed E-state index contributed by atoms with van der Waals surface area (Å²) in [6, 6.07) is -0.886. The summed E-state index contributed by atoms with van der Waals surface area (Å²) >= 11 is 0. The van der Waals surface area contributed by atoms with Gasteiger partial charge in [-0.25, -0.2) is 0 Å². The van der Waals surface area contributed by atoms with Gasteiger partial charge < -0.3 is 50.6 Å². The van der Waals surface area contributed by atoms with E-state index in [0.717, 1.165) is 18.8 Å². The number of carbonyl (C=O) groups is 7. The number of ether oxygens (including phenoxy) is 4. The number of ketones is 2. The highest BCUT2D eigenvalue weighted by Gasteiger charge is 2.23. The molecule has 0 fully saturated rings. The summed E-state index contributed by atoms with van der Waals surface area (Å²) in [5.74, 6) is -3.85. The third-order valence-corrected chi connectivity index (χ3v) is 10.2. The number of hydrogen-bond donors (Lipinski definition) is 6. The molecule has 17 heteroatoms. The van der Waals surface area contributed by atoms with E-state index in [4.69, 9.17) is 34.9 Å². The van der Waals surface area contributed by atoms with Crippen molar-refractivity contribution in [1.82, 2.24) is 10.6 Å². The van der Waals surface area contributed by atoms with Crippen LogP contribution in [0.5, 0.6) is 0 Å². The Morgan fingerprint density at radius 1 is 0.484 bits per heavy atom. The van der Waals surface area contributed by atoms with Crippen molar-refractivity contribution in [1.29, 1.82) is 0 Å². The first-order valence-corrected chi connectivity index (χ1v) is 23.9. The van der Waals surface area contributed by atoms with Crippen LogP contribution in [0.1, 0.15) is 169 Å². The highest BCUT2D eigenvalue weighted by atomic mass is 16.5. The van der Waals surface area contributed by atoms with Crippen LogP contribution in [0.2, 0.25) is 0 Å². The standard InChI is InChI=1S/C29H51N3O12.C18H36O2/c1-21(2)25(34)18-22(28(37)38)8-9-26(35)32-11-13-42-15-16-43-19-23(33)6-5-12-41-14-17-44-20-27(36)31-10-4-3-7-24(30)29(39)40;1-17(2)15-13-11-9-7-5-3-4-6-8-10-12-14-16-18(19)20/h21-22,24H,3-20,30H2,1-2H3,(H,31,36)(H,32,35)(H,37,38)(H,39,40);17H,3-16H2,1-2H3,(H,19,20)/t22-,24+;/m1./s1. The van der Waals surface area contributed by atoms with Crippen molar-refractivity contribution in [2.75, 3.05) is 65.9 Å². The highest BCUT2D eigenvalue weighted by Crippen LogP contribution is 2.16. The number of Topliss-reactive ketones (excluding diaryl/α,β-unsaturated/α-hetero) is 2. The van der Waals surface area contributed by atoms with Crippen molar-refractivity contribution >= 4 is 41.3 Å². The Morgan fingerprint density at radius 3 is 1.55 bits per heavy atom. The number of carboxylic acid groups (broad SMARTS) is 3. The van der Waals surface area contributed by atoms with Crippen molar-refractivity contribution in [3.05, 3.63) is 0 Å². The lowest BCUT2D eigenvalue weighted by molar-refractivity contribution is -0.144. The van der Waals surface area contributed by atoms with Crippen LogP contribution in [0.25, 0.3) is 0 Å². The third kappa shape index (κ3) is 46.5. The average Bonchev–Trinajstić information content (AvgIpc) is 3.23. The van der Waals surface area contributed by atoms with Crippen LogP contribution in [0, 0.1) is 17.8 Å². The molecule has 2 atom stereocenters. The number of aliphatic carboxylic acids is 3. The molecule has 0 aliphatic heterocycles. The minimum Gasteiger partial charge on any atom is -0.481 e. The van der Waals surface area contributed by atoms with Gasteiger partial charge in [-0.05, 0) is 44.4 Å². The molecule has 0 unspecified atom stereocenters. The topological polar surface area (TPSA) is 267 Å². The first kappa shape index (κ1) is 62.6. The molecule has 0 aromatic heterocycles. The third-order valence-electron chi connectivity index (χ3n) is 10.2. The fraction of sp³-hybridized carbons (Fsp3) is 0.851. The highest BCUT2D eigenvalue weighted by molar-refractivity contribution is 5.85. The molecular weight excluding hydrogens is 831 g/mol. The van der Waals surface area contributed by atoms with Crippen LogP contribution in [-0.4, -0.2) is 129 Å². The second-order valence-corrected chi connectivity index (χ2v) is 17.1. The lowest BCUT2D eigenvalue weighted by Crippen LogP contribution is -2.31. The summed E-state index contributed by atoms with van der Waals surface area (Å²) in [7, 11) is 0. The summed E-state index contributed by atoms with van der Waals surface area (Å²) in [6.45, 7) is 10.1. The number of rotatable bonds is 45. The Labute approximate surface area is 383 Å². The lowest BCUT2D eigenvalue weighted by Gasteiger charge is -2.13. The van der Waals surface area contributed by atoms with Gasteiger partial charge in [0.05, 0.1) is 39.0 Å². The maximum Gasteiger partial charge on any atom is 0.320 e. The van der Waals surface area contributed by atoms with E-state index in [1.165, 1.54) is 70.6 Å². The molecule has 0 aliphatic carbocycles. The van der Waals surface area contributed by atoms with E-state index < -0.39 is 29.9 Å².